The predicted octanol–water partition coefficient (Wildman–Crippen LogP) is 0.233. The predicted molar refractivity (Wildman–Crippen MR) is 31.4 cm³/mol. The molecule has 2 heteroatoms. The van der Waals surface area contributed by atoms with E-state index >= 15 is 0 Å². The van der Waals surface area contributed by atoms with Crippen LogP contribution < -0.4 is 5.73 Å². The number of ketones is 1. The van der Waals surface area contributed by atoms with Gasteiger partial charge in [0, 0.05) is 0 Å². The van der Waals surface area contributed by atoms with Crippen molar-refractivity contribution in [1.29, 1.82) is 0 Å². The van der Waals surface area contributed by atoms with E-state index in [1.54, 1.807) is 0 Å². The van der Waals surface area contributed by atoms with Crippen molar-refractivity contribution in [2.75, 3.05) is 0 Å². The van der Waals surface area contributed by atoms with Crippen molar-refractivity contribution >= 4 is 5.78 Å². The molecule has 2 N–H and O–H groups in total. The molecule has 0 aromatic rings. The van der Waals surface area contributed by atoms with Crippen LogP contribution in [0.15, 0.2) is 12.7 Å². The van der Waals surface area contributed by atoms with Crippen LogP contribution in [0.4, 0.5) is 0 Å². The summed E-state index contributed by atoms with van der Waals surface area (Å²) in [6, 6.07) is 0. The lowest BCUT2D eigenvalue weighted by atomic mass is 10.2. The molecule has 0 aromatic heterocycles. The zero-order valence-electron chi connectivity index (χ0n) is 4.68. The molecular formula is C6H9NO. The topological polar surface area (TPSA) is 43.1 Å². The maximum absolute atomic E-state index is 10.7. The number of nitrogens with two attached hydrogens (primary N) is 1. The summed E-state index contributed by atoms with van der Waals surface area (Å²) >= 11 is 0. The van der Waals surface area contributed by atoms with Gasteiger partial charge in [-0.05, 0) is 18.9 Å². The quantitative estimate of drug-likeness (QED) is 0.518. The second-order valence-corrected chi connectivity index (χ2v) is 2.22. The van der Waals surface area contributed by atoms with Crippen LogP contribution in [-0.2, 0) is 4.79 Å². The summed E-state index contributed by atoms with van der Waals surface area (Å²) in [6.07, 6.45) is 2.96. The summed E-state index contributed by atoms with van der Waals surface area (Å²) in [5.74, 6) is -0.0162. The van der Waals surface area contributed by atoms with Crippen molar-refractivity contribution in [2.45, 2.75) is 18.4 Å². The molecule has 0 bridgehead atoms. The van der Waals surface area contributed by atoms with Crippen LogP contribution in [0.5, 0.6) is 0 Å². The van der Waals surface area contributed by atoms with Crippen molar-refractivity contribution in [2.24, 2.45) is 5.73 Å². The van der Waals surface area contributed by atoms with Crippen LogP contribution in [0.2, 0.25) is 0 Å². The highest BCUT2D eigenvalue weighted by atomic mass is 16.1. The maximum atomic E-state index is 10.7. The molecule has 2 nitrogen and oxygen atoms in total. The van der Waals surface area contributed by atoms with Crippen LogP contribution >= 0.6 is 0 Å². The van der Waals surface area contributed by atoms with Crippen molar-refractivity contribution in [3.63, 3.8) is 0 Å². The largest absolute Gasteiger partial charge is 0.319 e. The Morgan fingerprint density at radius 3 is 2.38 bits per heavy atom. The molecule has 0 aromatic carbocycles. The van der Waals surface area contributed by atoms with Crippen LogP contribution in [-0.4, -0.2) is 11.3 Å². The molecule has 0 atom stereocenters. The van der Waals surface area contributed by atoms with Crippen LogP contribution in [0.3, 0.4) is 0 Å². The van der Waals surface area contributed by atoms with E-state index in [1.165, 1.54) is 6.08 Å². The van der Waals surface area contributed by atoms with Gasteiger partial charge in [0.05, 0.1) is 5.54 Å². The minimum Gasteiger partial charge on any atom is -0.319 e. The Balaban J connectivity index is 2.58. The third-order valence-electron chi connectivity index (χ3n) is 1.46. The van der Waals surface area contributed by atoms with Gasteiger partial charge in [-0.2, -0.15) is 0 Å². The standard InChI is InChI=1S/C6H9NO/c1-2-5(8)6(7)3-4-6/h2H,1,3-4,7H2. The van der Waals surface area contributed by atoms with Gasteiger partial charge in [0.1, 0.15) is 0 Å². The first kappa shape index (κ1) is 5.51. The molecule has 1 fully saturated rings. The lowest BCUT2D eigenvalue weighted by molar-refractivity contribution is -0.116. The van der Waals surface area contributed by atoms with Crippen LogP contribution in [0.25, 0.3) is 0 Å². The smallest absolute Gasteiger partial charge is 0.174 e. The molecule has 8 heavy (non-hydrogen) atoms. The molecule has 0 heterocycles. The van der Waals surface area contributed by atoms with E-state index in [4.69, 9.17) is 5.73 Å². The Morgan fingerprint density at radius 1 is 1.75 bits per heavy atom. The second kappa shape index (κ2) is 1.42. The summed E-state index contributed by atoms with van der Waals surface area (Å²) in [4.78, 5) is 10.7. The van der Waals surface area contributed by atoms with Gasteiger partial charge in [-0.25, -0.2) is 0 Å². The minimum atomic E-state index is -0.498. The molecule has 1 saturated carbocycles. The first-order chi connectivity index (χ1) is 3.69. The van der Waals surface area contributed by atoms with Crippen LogP contribution in [0, 0.1) is 0 Å². The highest BCUT2D eigenvalue weighted by Gasteiger charge is 2.43. The lowest BCUT2D eigenvalue weighted by Gasteiger charge is -1.98. The maximum Gasteiger partial charge on any atom is 0.174 e. The fraction of sp³-hybridized carbons (Fsp3) is 0.500. The molecule has 0 unspecified atom stereocenters. The third kappa shape index (κ3) is 0.670. The molecular weight excluding hydrogens is 102 g/mol. The van der Waals surface area contributed by atoms with Gasteiger partial charge in [-0.1, -0.05) is 6.58 Å². The molecule has 0 saturated heterocycles. The molecule has 0 radical (unpaired) electrons. The van der Waals surface area contributed by atoms with E-state index in [9.17, 15) is 4.79 Å². The summed E-state index contributed by atoms with van der Waals surface area (Å²) in [5, 5.41) is 0. The Kier molecular flexibility index (Phi) is 0.978. The number of hydrogen-bond donors (Lipinski definition) is 1. The van der Waals surface area contributed by atoms with E-state index < -0.39 is 5.54 Å². The van der Waals surface area contributed by atoms with Gasteiger partial charge in [0.2, 0.25) is 0 Å². The van der Waals surface area contributed by atoms with Crippen molar-refractivity contribution < 1.29 is 4.79 Å². The highest BCUT2D eigenvalue weighted by molar-refractivity contribution is 5.99. The van der Waals surface area contributed by atoms with Gasteiger partial charge < -0.3 is 5.73 Å². The summed E-state index contributed by atoms with van der Waals surface area (Å²) in [6.45, 7) is 3.34. The summed E-state index contributed by atoms with van der Waals surface area (Å²) < 4.78 is 0. The molecule has 1 aliphatic rings. The van der Waals surface area contributed by atoms with Gasteiger partial charge in [0.25, 0.3) is 0 Å². The highest BCUT2D eigenvalue weighted by Crippen LogP contribution is 2.32. The Bertz CT molecular complexity index is 135. The molecule has 0 aliphatic heterocycles. The monoisotopic (exact) mass is 111 g/mol. The third-order valence-corrected chi connectivity index (χ3v) is 1.46. The average molecular weight is 111 g/mol. The fourth-order valence-electron chi connectivity index (χ4n) is 0.584. The molecule has 0 amide bonds. The normalized spacial score (nSPS) is 22.1. The van der Waals surface area contributed by atoms with Crippen molar-refractivity contribution in [3.05, 3.63) is 12.7 Å². The Morgan fingerprint density at radius 2 is 2.25 bits per heavy atom. The van der Waals surface area contributed by atoms with Crippen molar-refractivity contribution in [3.8, 4) is 0 Å². The zero-order valence-corrected chi connectivity index (χ0v) is 4.68. The SMILES string of the molecule is C=CC(=O)C1(N)CC1. The minimum absolute atomic E-state index is 0.0162. The van der Waals surface area contributed by atoms with E-state index in [1.807, 2.05) is 0 Å². The summed E-state index contributed by atoms with van der Waals surface area (Å²) in [7, 11) is 0. The Hall–Kier alpha value is -0.630. The number of hydrogen-bond acceptors (Lipinski definition) is 2. The Labute approximate surface area is 48.4 Å². The van der Waals surface area contributed by atoms with Gasteiger partial charge >= 0.3 is 0 Å². The van der Waals surface area contributed by atoms with Gasteiger partial charge in [-0.15, -0.1) is 0 Å². The molecule has 0 spiro atoms. The van der Waals surface area contributed by atoms with Crippen molar-refractivity contribution in [1.82, 2.24) is 0 Å². The number of carbonyl (C=O) groups is 1. The van der Waals surface area contributed by atoms with E-state index in [-0.39, 0.29) is 5.78 Å². The first-order valence-electron chi connectivity index (χ1n) is 2.65. The van der Waals surface area contributed by atoms with Crippen LogP contribution in [0.1, 0.15) is 12.8 Å². The number of carbonyl (C=O) groups excluding carboxylic acids is 1. The summed E-state index contributed by atoms with van der Waals surface area (Å²) in [5.41, 5.74) is 4.98. The van der Waals surface area contributed by atoms with E-state index in [2.05, 4.69) is 6.58 Å². The first-order valence-corrected chi connectivity index (χ1v) is 2.65. The van der Waals surface area contributed by atoms with Gasteiger partial charge in [-0.3, -0.25) is 4.79 Å². The molecule has 44 valence electrons. The number of rotatable bonds is 2. The van der Waals surface area contributed by atoms with E-state index in [0.717, 1.165) is 12.8 Å². The fourth-order valence-corrected chi connectivity index (χ4v) is 0.584. The van der Waals surface area contributed by atoms with E-state index in [0.29, 0.717) is 0 Å². The molecule has 1 rings (SSSR count). The lowest BCUT2D eigenvalue weighted by Crippen LogP contribution is -2.30. The average Bonchev–Trinajstić information content (AvgIpc) is 2.47. The second-order valence-electron chi connectivity index (χ2n) is 2.22. The van der Waals surface area contributed by atoms with Gasteiger partial charge in [0.15, 0.2) is 5.78 Å². The molecule has 1 aliphatic carbocycles. The zero-order chi connectivity index (χ0) is 6.20.